The van der Waals surface area contributed by atoms with E-state index in [1.54, 1.807) is 0 Å². The molecule has 1 unspecified atom stereocenters. The Kier molecular flexibility index (Phi) is 8.36. The molecule has 0 saturated carbocycles. The molecule has 0 spiro atoms. The van der Waals surface area contributed by atoms with Crippen molar-refractivity contribution in [3.05, 3.63) is 35.4 Å². The molecule has 1 N–H and O–H groups in total. The lowest BCUT2D eigenvalue weighted by Crippen LogP contribution is -2.55. The largest absolute Gasteiger partial charge is 0.381 e. The van der Waals surface area contributed by atoms with Crippen LogP contribution in [0, 0.1) is 0 Å². The lowest BCUT2D eigenvalue weighted by molar-refractivity contribution is -0.142. The summed E-state index contributed by atoms with van der Waals surface area (Å²) in [7, 11) is 1.81. The second-order valence-electron chi connectivity index (χ2n) is 8.66. The topological polar surface area (TPSA) is 75.6 Å². The van der Waals surface area contributed by atoms with Crippen LogP contribution in [0.15, 0.2) is 29.3 Å². The fourth-order valence-electron chi connectivity index (χ4n) is 4.51. The summed E-state index contributed by atoms with van der Waals surface area (Å²) in [5.41, 5.74) is 2.39. The number of benzene rings is 1. The first-order valence-electron chi connectivity index (χ1n) is 11.9. The van der Waals surface area contributed by atoms with Crippen LogP contribution in [0.1, 0.15) is 36.8 Å². The predicted molar refractivity (Wildman–Crippen MR) is 122 cm³/mol. The van der Waals surface area contributed by atoms with Gasteiger partial charge in [-0.25, -0.2) is 0 Å². The molecule has 3 aliphatic heterocycles. The van der Waals surface area contributed by atoms with Gasteiger partial charge in [0, 0.05) is 59.6 Å². The van der Waals surface area contributed by atoms with Crippen LogP contribution in [0.4, 0.5) is 0 Å². The highest BCUT2D eigenvalue weighted by Gasteiger charge is 2.30. The zero-order valence-electron chi connectivity index (χ0n) is 19.1. The van der Waals surface area contributed by atoms with Gasteiger partial charge in [0.25, 0.3) is 5.91 Å². The average molecular weight is 445 g/mol. The van der Waals surface area contributed by atoms with Crippen molar-refractivity contribution in [1.29, 1.82) is 0 Å². The van der Waals surface area contributed by atoms with Crippen molar-refractivity contribution in [1.82, 2.24) is 15.1 Å². The molecule has 1 atom stereocenters. The van der Waals surface area contributed by atoms with E-state index in [-0.39, 0.29) is 12.0 Å². The van der Waals surface area contributed by atoms with Gasteiger partial charge in [-0.1, -0.05) is 24.3 Å². The van der Waals surface area contributed by atoms with Gasteiger partial charge in [-0.3, -0.25) is 9.79 Å². The molecule has 3 fully saturated rings. The van der Waals surface area contributed by atoms with E-state index in [2.05, 4.69) is 39.5 Å². The summed E-state index contributed by atoms with van der Waals surface area (Å²) in [4.78, 5) is 21.2. The number of aliphatic imine (C=N–C) groups is 1. The number of carbonyl (C=O) groups excluding carboxylic acids is 1. The maximum Gasteiger partial charge on any atom is 0.251 e. The van der Waals surface area contributed by atoms with Gasteiger partial charge in [-0.2, -0.15) is 0 Å². The maximum atomic E-state index is 12.6. The quantitative estimate of drug-likeness (QED) is 0.533. The number of nitrogens with one attached hydrogen (secondary N) is 1. The smallest absolute Gasteiger partial charge is 0.251 e. The van der Waals surface area contributed by atoms with Crippen molar-refractivity contribution in [3.8, 4) is 0 Å². The van der Waals surface area contributed by atoms with Gasteiger partial charge >= 0.3 is 0 Å². The van der Waals surface area contributed by atoms with Crippen molar-refractivity contribution < 1.29 is 19.0 Å². The Labute approximate surface area is 190 Å². The zero-order valence-corrected chi connectivity index (χ0v) is 19.1. The van der Waals surface area contributed by atoms with Crippen molar-refractivity contribution >= 4 is 11.9 Å². The van der Waals surface area contributed by atoms with Gasteiger partial charge in [0.05, 0.1) is 12.7 Å². The molecule has 32 heavy (non-hydrogen) atoms. The lowest BCUT2D eigenvalue weighted by atomic mass is 10.1. The Morgan fingerprint density at radius 3 is 2.56 bits per heavy atom. The minimum absolute atomic E-state index is 0.143. The molecule has 0 bridgehead atoms. The Morgan fingerprint density at radius 2 is 1.84 bits per heavy atom. The number of ether oxygens (including phenoxy) is 3. The number of piperazine rings is 1. The van der Waals surface area contributed by atoms with E-state index in [1.165, 1.54) is 11.1 Å². The third-order valence-corrected chi connectivity index (χ3v) is 6.40. The number of hydrogen-bond acceptors (Lipinski definition) is 5. The van der Waals surface area contributed by atoms with Crippen LogP contribution in [0.3, 0.4) is 0 Å². The van der Waals surface area contributed by atoms with Gasteiger partial charge < -0.3 is 29.3 Å². The summed E-state index contributed by atoms with van der Waals surface area (Å²) in [5.74, 6) is 1.02. The number of nitrogens with zero attached hydrogens (tertiary/aromatic N) is 3. The molecule has 4 rings (SSSR count). The zero-order chi connectivity index (χ0) is 22.2. The molecule has 1 aromatic carbocycles. The first kappa shape index (κ1) is 23.0. The first-order valence-corrected chi connectivity index (χ1v) is 11.9. The highest BCUT2D eigenvalue weighted by atomic mass is 16.5. The third-order valence-electron chi connectivity index (χ3n) is 6.40. The van der Waals surface area contributed by atoms with Gasteiger partial charge in [0.1, 0.15) is 6.10 Å². The van der Waals surface area contributed by atoms with E-state index in [9.17, 15) is 4.79 Å². The van der Waals surface area contributed by atoms with E-state index in [4.69, 9.17) is 14.2 Å². The third kappa shape index (κ3) is 6.21. The van der Waals surface area contributed by atoms with E-state index >= 15 is 0 Å². The molecular formula is C24H36N4O4. The van der Waals surface area contributed by atoms with Crippen LogP contribution in [-0.4, -0.2) is 86.9 Å². The van der Waals surface area contributed by atoms with Crippen molar-refractivity contribution in [2.75, 3.05) is 53.0 Å². The second kappa shape index (κ2) is 11.6. The minimum atomic E-state index is -0.235. The standard InChI is InChI=1S/C24H36N4O4/c1-25-24(28-11-9-27(10-12-28)23(29)22-6-3-13-31-22)26-17-19-4-2-5-20(16-19)18-32-21-7-14-30-15-8-21/h2,4-5,16,21-22H,3,6-15,17-18H2,1H3,(H,25,26). The molecular weight excluding hydrogens is 408 g/mol. The van der Waals surface area contributed by atoms with Crippen LogP contribution in [-0.2, 0) is 32.2 Å². The highest BCUT2D eigenvalue weighted by molar-refractivity contribution is 5.82. The van der Waals surface area contributed by atoms with Gasteiger partial charge in [0.2, 0.25) is 0 Å². The molecule has 3 saturated heterocycles. The number of carbonyl (C=O) groups is 1. The molecule has 0 aliphatic carbocycles. The van der Waals surface area contributed by atoms with Crippen LogP contribution in [0.2, 0.25) is 0 Å². The summed E-state index contributed by atoms with van der Waals surface area (Å²) in [5, 5.41) is 3.48. The Bertz CT molecular complexity index is 767. The SMILES string of the molecule is CN=C(NCc1cccc(COC2CCOCC2)c1)N1CCN(C(=O)C2CCCO2)CC1. The predicted octanol–water partition coefficient (Wildman–Crippen LogP) is 1.78. The van der Waals surface area contributed by atoms with Gasteiger partial charge in [-0.05, 0) is 36.8 Å². The van der Waals surface area contributed by atoms with Crippen LogP contribution in [0.25, 0.3) is 0 Å². The Hall–Kier alpha value is -2.16. The van der Waals surface area contributed by atoms with E-state index in [0.29, 0.717) is 39.0 Å². The second-order valence-corrected chi connectivity index (χ2v) is 8.66. The number of rotatable bonds is 6. The van der Waals surface area contributed by atoms with E-state index < -0.39 is 0 Å². The summed E-state index contributed by atoms with van der Waals surface area (Å²) >= 11 is 0. The summed E-state index contributed by atoms with van der Waals surface area (Å²) in [6.45, 7) is 6.59. The summed E-state index contributed by atoms with van der Waals surface area (Å²) < 4.78 is 17.0. The van der Waals surface area contributed by atoms with Crippen LogP contribution >= 0.6 is 0 Å². The normalized spacial score (nSPS) is 22.9. The number of amides is 1. The van der Waals surface area contributed by atoms with Crippen molar-refractivity contribution in [2.24, 2.45) is 4.99 Å². The number of hydrogen-bond donors (Lipinski definition) is 1. The highest BCUT2D eigenvalue weighted by Crippen LogP contribution is 2.17. The molecule has 1 amide bonds. The molecule has 8 nitrogen and oxygen atoms in total. The summed E-state index contributed by atoms with van der Waals surface area (Å²) in [6.07, 6.45) is 3.85. The molecule has 1 aromatic rings. The lowest BCUT2D eigenvalue weighted by Gasteiger charge is -2.37. The van der Waals surface area contributed by atoms with Gasteiger partial charge in [-0.15, -0.1) is 0 Å². The van der Waals surface area contributed by atoms with E-state index in [1.807, 2.05) is 11.9 Å². The van der Waals surface area contributed by atoms with Crippen molar-refractivity contribution in [2.45, 2.75) is 51.0 Å². The average Bonchev–Trinajstić information content (AvgIpc) is 3.39. The molecule has 0 radical (unpaired) electrons. The summed E-state index contributed by atoms with van der Waals surface area (Å²) in [6, 6.07) is 8.51. The fraction of sp³-hybridized carbons (Fsp3) is 0.667. The van der Waals surface area contributed by atoms with Crippen LogP contribution < -0.4 is 5.32 Å². The molecule has 3 heterocycles. The molecule has 0 aromatic heterocycles. The van der Waals surface area contributed by atoms with Gasteiger partial charge in [0.15, 0.2) is 5.96 Å². The maximum absolute atomic E-state index is 12.6. The van der Waals surface area contributed by atoms with Crippen LogP contribution in [0.5, 0.6) is 0 Å². The van der Waals surface area contributed by atoms with E-state index in [0.717, 1.165) is 57.9 Å². The molecule has 176 valence electrons. The Balaban J connectivity index is 1.22. The monoisotopic (exact) mass is 444 g/mol. The molecule has 3 aliphatic rings. The Morgan fingerprint density at radius 1 is 1.09 bits per heavy atom. The minimum Gasteiger partial charge on any atom is -0.381 e. The first-order chi connectivity index (χ1) is 15.7. The fourth-order valence-corrected chi connectivity index (χ4v) is 4.51. The number of guanidine groups is 1. The van der Waals surface area contributed by atoms with Crippen molar-refractivity contribution in [3.63, 3.8) is 0 Å². The molecule has 8 heteroatoms.